The molecule has 0 spiro atoms. The van der Waals surface area contributed by atoms with Gasteiger partial charge in [-0.2, -0.15) is 0 Å². The summed E-state index contributed by atoms with van der Waals surface area (Å²) < 4.78 is 5.30. The lowest BCUT2D eigenvalue weighted by Gasteiger charge is -2.21. The molecule has 0 bridgehead atoms. The van der Waals surface area contributed by atoms with Crippen LogP contribution in [0.15, 0.2) is 0 Å². The van der Waals surface area contributed by atoms with Crippen molar-refractivity contribution in [1.29, 1.82) is 0 Å². The summed E-state index contributed by atoms with van der Waals surface area (Å²) in [5.74, 6) is 0. The standard InChI is InChI=1S/C12H27N3O2/c13-3-1-4-14-5-2-6-15(8-7-14)9-11-17-12-10-16/h16H,1-13H2. The summed E-state index contributed by atoms with van der Waals surface area (Å²) >= 11 is 0. The van der Waals surface area contributed by atoms with Crippen molar-refractivity contribution in [1.82, 2.24) is 9.80 Å². The monoisotopic (exact) mass is 245 g/mol. The Morgan fingerprint density at radius 1 is 1.00 bits per heavy atom. The number of hydrogen-bond acceptors (Lipinski definition) is 5. The summed E-state index contributed by atoms with van der Waals surface area (Å²) in [6.45, 7) is 8.79. The Morgan fingerprint density at radius 3 is 2.35 bits per heavy atom. The highest BCUT2D eigenvalue weighted by atomic mass is 16.5. The summed E-state index contributed by atoms with van der Waals surface area (Å²) in [7, 11) is 0. The molecule has 5 nitrogen and oxygen atoms in total. The number of aliphatic hydroxyl groups excluding tert-OH is 1. The van der Waals surface area contributed by atoms with Crippen molar-refractivity contribution in [3.05, 3.63) is 0 Å². The average Bonchev–Trinajstić information content (AvgIpc) is 2.57. The molecule has 1 fully saturated rings. The maximum atomic E-state index is 8.61. The molecule has 0 aromatic heterocycles. The Labute approximate surface area is 105 Å². The van der Waals surface area contributed by atoms with Crippen molar-refractivity contribution in [3.63, 3.8) is 0 Å². The van der Waals surface area contributed by atoms with E-state index in [1.54, 1.807) is 0 Å². The molecule has 17 heavy (non-hydrogen) atoms. The van der Waals surface area contributed by atoms with E-state index in [9.17, 15) is 0 Å². The molecule has 3 N–H and O–H groups in total. The Bertz CT molecular complexity index is 181. The van der Waals surface area contributed by atoms with Crippen LogP contribution >= 0.6 is 0 Å². The largest absolute Gasteiger partial charge is 0.394 e. The number of nitrogens with zero attached hydrogens (tertiary/aromatic N) is 2. The third-order valence-corrected chi connectivity index (χ3v) is 3.15. The van der Waals surface area contributed by atoms with E-state index in [1.165, 1.54) is 13.0 Å². The Hall–Kier alpha value is -0.200. The fraction of sp³-hybridized carbons (Fsp3) is 1.00. The Morgan fingerprint density at radius 2 is 1.71 bits per heavy atom. The molecule has 1 saturated heterocycles. The summed E-state index contributed by atoms with van der Waals surface area (Å²) in [5, 5.41) is 8.61. The molecule has 5 heteroatoms. The molecule has 0 aliphatic carbocycles. The van der Waals surface area contributed by atoms with E-state index in [0.717, 1.165) is 52.3 Å². The van der Waals surface area contributed by atoms with E-state index >= 15 is 0 Å². The zero-order valence-corrected chi connectivity index (χ0v) is 10.8. The van der Waals surface area contributed by atoms with E-state index in [1.807, 2.05) is 0 Å². The maximum absolute atomic E-state index is 8.61. The topological polar surface area (TPSA) is 62.0 Å². The summed E-state index contributed by atoms with van der Waals surface area (Å²) in [6.07, 6.45) is 2.32. The van der Waals surface area contributed by atoms with Gasteiger partial charge in [0.05, 0.1) is 19.8 Å². The number of ether oxygens (including phenoxy) is 1. The van der Waals surface area contributed by atoms with Crippen LogP contribution in [0.3, 0.4) is 0 Å². The van der Waals surface area contributed by atoms with Crippen LogP contribution < -0.4 is 5.73 Å². The van der Waals surface area contributed by atoms with Crippen molar-refractivity contribution < 1.29 is 9.84 Å². The molecular formula is C12H27N3O2. The van der Waals surface area contributed by atoms with Gasteiger partial charge < -0.3 is 20.5 Å². The molecule has 0 atom stereocenters. The van der Waals surface area contributed by atoms with Gasteiger partial charge in [-0.1, -0.05) is 0 Å². The molecule has 0 amide bonds. The second kappa shape index (κ2) is 9.79. The molecule has 1 aliphatic heterocycles. The van der Waals surface area contributed by atoms with Crippen LogP contribution in [0.4, 0.5) is 0 Å². The molecular weight excluding hydrogens is 218 g/mol. The fourth-order valence-electron chi connectivity index (χ4n) is 2.15. The second-order valence-electron chi connectivity index (χ2n) is 4.52. The van der Waals surface area contributed by atoms with Gasteiger partial charge in [0, 0.05) is 19.6 Å². The van der Waals surface area contributed by atoms with Crippen LogP contribution in [0.25, 0.3) is 0 Å². The number of rotatable bonds is 8. The minimum Gasteiger partial charge on any atom is -0.394 e. The SMILES string of the molecule is NCCCN1CCCN(CCOCCO)CC1. The van der Waals surface area contributed by atoms with Gasteiger partial charge in [0.2, 0.25) is 0 Å². The van der Waals surface area contributed by atoms with Crippen LogP contribution in [0.5, 0.6) is 0 Å². The molecule has 1 aliphatic rings. The lowest BCUT2D eigenvalue weighted by molar-refractivity contribution is 0.0743. The highest BCUT2D eigenvalue weighted by molar-refractivity contribution is 4.69. The first-order valence-electron chi connectivity index (χ1n) is 6.70. The molecule has 1 rings (SSSR count). The lowest BCUT2D eigenvalue weighted by Crippen LogP contribution is -2.33. The minimum absolute atomic E-state index is 0.118. The van der Waals surface area contributed by atoms with E-state index in [-0.39, 0.29) is 6.61 Å². The van der Waals surface area contributed by atoms with Crippen LogP contribution in [-0.4, -0.2) is 80.5 Å². The van der Waals surface area contributed by atoms with E-state index in [0.29, 0.717) is 6.61 Å². The number of hydrogen-bond donors (Lipinski definition) is 2. The van der Waals surface area contributed by atoms with Gasteiger partial charge in [-0.15, -0.1) is 0 Å². The van der Waals surface area contributed by atoms with Crippen LogP contribution in [0.1, 0.15) is 12.8 Å². The van der Waals surface area contributed by atoms with E-state index < -0.39 is 0 Å². The third-order valence-electron chi connectivity index (χ3n) is 3.15. The van der Waals surface area contributed by atoms with Crippen molar-refractivity contribution in [2.75, 3.05) is 65.6 Å². The third kappa shape index (κ3) is 6.95. The summed E-state index contributed by atoms with van der Waals surface area (Å²) in [5.41, 5.74) is 5.53. The number of aliphatic hydroxyl groups is 1. The van der Waals surface area contributed by atoms with Gasteiger partial charge in [-0.25, -0.2) is 0 Å². The molecule has 0 radical (unpaired) electrons. The van der Waals surface area contributed by atoms with Crippen molar-refractivity contribution in [2.24, 2.45) is 5.73 Å². The average molecular weight is 245 g/mol. The summed E-state index contributed by atoms with van der Waals surface area (Å²) in [4.78, 5) is 4.95. The quantitative estimate of drug-likeness (QED) is 0.557. The zero-order valence-electron chi connectivity index (χ0n) is 10.8. The molecule has 102 valence electrons. The van der Waals surface area contributed by atoms with Gasteiger partial charge in [-0.05, 0) is 39.0 Å². The van der Waals surface area contributed by atoms with Crippen LogP contribution in [0, 0.1) is 0 Å². The van der Waals surface area contributed by atoms with E-state index in [4.69, 9.17) is 15.6 Å². The first-order chi connectivity index (χ1) is 8.36. The predicted molar refractivity (Wildman–Crippen MR) is 69.1 cm³/mol. The number of nitrogens with two attached hydrogens (primary N) is 1. The van der Waals surface area contributed by atoms with Gasteiger partial charge in [0.15, 0.2) is 0 Å². The predicted octanol–water partition coefficient (Wildman–Crippen LogP) is -0.648. The van der Waals surface area contributed by atoms with Gasteiger partial charge in [0.1, 0.15) is 0 Å². The molecule has 0 aromatic carbocycles. The normalized spacial score (nSPS) is 19.4. The Kier molecular flexibility index (Phi) is 8.56. The van der Waals surface area contributed by atoms with Gasteiger partial charge in [0.25, 0.3) is 0 Å². The Balaban J connectivity index is 2.09. The first kappa shape index (κ1) is 14.9. The van der Waals surface area contributed by atoms with Crippen molar-refractivity contribution >= 4 is 0 Å². The highest BCUT2D eigenvalue weighted by Gasteiger charge is 2.13. The fourth-order valence-corrected chi connectivity index (χ4v) is 2.15. The molecule has 0 saturated carbocycles. The highest BCUT2D eigenvalue weighted by Crippen LogP contribution is 2.03. The second-order valence-corrected chi connectivity index (χ2v) is 4.52. The first-order valence-corrected chi connectivity index (χ1v) is 6.70. The molecule has 0 aromatic rings. The van der Waals surface area contributed by atoms with Gasteiger partial charge in [-0.3, -0.25) is 4.90 Å². The van der Waals surface area contributed by atoms with Crippen molar-refractivity contribution in [3.8, 4) is 0 Å². The molecule has 1 heterocycles. The van der Waals surface area contributed by atoms with Crippen molar-refractivity contribution in [2.45, 2.75) is 12.8 Å². The van der Waals surface area contributed by atoms with Gasteiger partial charge >= 0.3 is 0 Å². The molecule has 0 unspecified atom stereocenters. The van der Waals surface area contributed by atoms with Crippen LogP contribution in [0.2, 0.25) is 0 Å². The van der Waals surface area contributed by atoms with Crippen LogP contribution in [-0.2, 0) is 4.74 Å². The lowest BCUT2D eigenvalue weighted by atomic mass is 10.3. The van der Waals surface area contributed by atoms with E-state index in [2.05, 4.69) is 9.80 Å². The maximum Gasteiger partial charge on any atom is 0.0698 e. The summed E-state index contributed by atoms with van der Waals surface area (Å²) in [6, 6.07) is 0. The smallest absolute Gasteiger partial charge is 0.0698 e. The minimum atomic E-state index is 0.118. The zero-order chi connectivity index (χ0) is 12.3.